The van der Waals surface area contributed by atoms with Crippen LogP contribution in [-0.4, -0.2) is 21.8 Å². The summed E-state index contributed by atoms with van der Waals surface area (Å²) in [6.07, 6.45) is 1.58. The van der Waals surface area contributed by atoms with E-state index in [1.807, 2.05) is 45.0 Å². The number of ether oxygens (including phenoxy) is 1. The number of nitrogens with zero attached hydrogens (tertiary/aromatic N) is 3. The van der Waals surface area contributed by atoms with Crippen molar-refractivity contribution in [1.29, 1.82) is 0 Å². The van der Waals surface area contributed by atoms with Gasteiger partial charge in [-0.25, -0.2) is 0 Å². The Bertz CT molecular complexity index is 1250. The lowest BCUT2D eigenvalue weighted by Gasteiger charge is -2.18. The molecule has 3 aromatic heterocycles. The number of hydrogen-bond acceptors (Lipinski definition) is 5. The van der Waals surface area contributed by atoms with E-state index in [4.69, 9.17) is 20.9 Å². The second-order valence-electron chi connectivity index (χ2n) is 6.97. The molecule has 0 radical (unpaired) electrons. The van der Waals surface area contributed by atoms with Crippen LogP contribution in [-0.2, 0) is 6.54 Å². The quantitative estimate of drug-likeness (QED) is 0.489. The summed E-state index contributed by atoms with van der Waals surface area (Å²) in [7, 11) is 1.61. The first kappa shape index (κ1) is 19.2. The van der Waals surface area contributed by atoms with Crippen LogP contribution < -0.4 is 10.3 Å². The van der Waals surface area contributed by atoms with Gasteiger partial charge in [0.05, 0.1) is 46.7 Å². The van der Waals surface area contributed by atoms with E-state index < -0.39 is 0 Å². The number of halogens is 1. The summed E-state index contributed by atoms with van der Waals surface area (Å²) in [6, 6.07) is 9.33. The number of pyridine rings is 2. The van der Waals surface area contributed by atoms with Gasteiger partial charge < -0.3 is 13.8 Å². The summed E-state index contributed by atoms with van der Waals surface area (Å²) in [5.41, 5.74) is 4.40. The lowest BCUT2D eigenvalue weighted by molar-refractivity contribution is 0.393. The van der Waals surface area contributed by atoms with Crippen LogP contribution in [0.4, 0.5) is 0 Å². The number of fused-ring (bicyclic) bond motifs is 1. The van der Waals surface area contributed by atoms with Crippen molar-refractivity contribution in [3.05, 3.63) is 74.6 Å². The maximum absolute atomic E-state index is 13.2. The number of aromatic nitrogens is 3. The van der Waals surface area contributed by atoms with E-state index in [1.165, 1.54) is 0 Å². The highest BCUT2D eigenvalue weighted by atomic mass is 35.5. The molecule has 0 aliphatic heterocycles. The van der Waals surface area contributed by atoms with E-state index in [9.17, 15) is 4.79 Å². The molecule has 3 heterocycles. The molecule has 1 aromatic carbocycles. The summed E-state index contributed by atoms with van der Waals surface area (Å²) in [5.74, 6) is 1.31. The van der Waals surface area contributed by atoms with E-state index in [0.717, 1.165) is 33.4 Å². The first-order valence-corrected chi connectivity index (χ1v) is 9.53. The number of hydrogen-bond donors (Lipinski definition) is 0. The fraction of sp³-hybridized carbons (Fsp3) is 0.227. The van der Waals surface area contributed by atoms with Crippen LogP contribution in [0.2, 0.25) is 5.02 Å². The fourth-order valence-electron chi connectivity index (χ4n) is 3.67. The van der Waals surface area contributed by atoms with Crippen LogP contribution in [0.3, 0.4) is 0 Å². The van der Waals surface area contributed by atoms with Crippen molar-refractivity contribution in [3.63, 3.8) is 0 Å². The number of methoxy groups -OCH3 is 1. The van der Waals surface area contributed by atoms with E-state index in [-0.39, 0.29) is 5.56 Å². The monoisotopic (exact) mass is 409 g/mol. The lowest BCUT2D eigenvalue weighted by atomic mass is 9.98. The number of aryl methyl sites for hydroxylation is 3. The predicted molar refractivity (Wildman–Crippen MR) is 113 cm³/mol. The Morgan fingerprint density at radius 1 is 1.14 bits per heavy atom. The van der Waals surface area contributed by atoms with Crippen molar-refractivity contribution in [2.75, 3.05) is 7.11 Å². The van der Waals surface area contributed by atoms with Crippen molar-refractivity contribution in [1.82, 2.24) is 14.7 Å². The first-order chi connectivity index (χ1) is 13.9. The molecule has 7 heteroatoms. The molecular formula is C22H20ClN3O3. The standard InChI is InChI=1S/C22H20ClN3O3/c1-12-9-15-5-8-18(28-4)20(19-13(2)25-29-14(19)3)21(15)26(22(12)27)11-17-7-6-16(23)10-24-17/h5-10H,11H2,1-4H3. The van der Waals surface area contributed by atoms with Crippen LogP contribution in [0.15, 0.2) is 45.8 Å². The summed E-state index contributed by atoms with van der Waals surface area (Å²) >= 11 is 5.97. The number of rotatable bonds is 4. The Morgan fingerprint density at radius 2 is 1.93 bits per heavy atom. The Morgan fingerprint density at radius 3 is 2.55 bits per heavy atom. The summed E-state index contributed by atoms with van der Waals surface area (Å²) < 4.78 is 12.8. The average molecular weight is 410 g/mol. The molecule has 0 saturated carbocycles. The second-order valence-corrected chi connectivity index (χ2v) is 7.40. The average Bonchev–Trinajstić information content (AvgIpc) is 3.04. The maximum atomic E-state index is 13.2. The first-order valence-electron chi connectivity index (χ1n) is 9.15. The Labute approximate surface area is 172 Å². The molecule has 0 aliphatic carbocycles. The molecule has 4 rings (SSSR count). The molecule has 0 fully saturated rings. The highest BCUT2D eigenvalue weighted by Crippen LogP contribution is 2.40. The molecule has 148 valence electrons. The molecule has 29 heavy (non-hydrogen) atoms. The number of benzene rings is 1. The van der Waals surface area contributed by atoms with Gasteiger partial charge in [0.2, 0.25) is 0 Å². The van der Waals surface area contributed by atoms with Crippen molar-refractivity contribution < 1.29 is 9.26 Å². The van der Waals surface area contributed by atoms with Crippen LogP contribution in [0.25, 0.3) is 22.0 Å². The molecule has 0 N–H and O–H groups in total. The van der Waals surface area contributed by atoms with Crippen molar-refractivity contribution in [2.24, 2.45) is 0 Å². The van der Waals surface area contributed by atoms with Gasteiger partial charge in [0.15, 0.2) is 0 Å². The molecule has 0 unspecified atom stereocenters. The SMILES string of the molecule is COc1ccc2cc(C)c(=O)n(Cc3ccc(Cl)cn3)c2c1-c1c(C)noc1C. The zero-order valence-electron chi connectivity index (χ0n) is 16.6. The van der Waals surface area contributed by atoms with Gasteiger partial charge in [0.25, 0.3) is 5.56 Å². The lowest BCUT2D eigenvalue weighted by Crippen LogP contribution is -2.24. The zero-order chi connectivity index (χ0) is 20.7. The Hall–Kier alpha value is -3.12. The normalized spacial score (nSPS) is 11.2. The molecule has 0 amide bonds. The fourth-order valence-corrected chi connectivity index (χ4v) is 3.78. The van der Waals surface area contributed by atoms with Crippen molar-refractivity contribution >= 4 is 22.5 Å². The second kappa shape index (κ2) is 7.37. The molecule has 6 nitrogen and oxygen atoms in total. The van der Waals surface area contributed by atoms with Crippen LogP contribution in [0.1, 0.15) is 22.7 Å². The van der Waals surface area contributed by atoms with E-state index in [1.54, 1.807) is 23.9 Å². The predicted octanol–water partition coefficient (Wildman–Crippen LogP) is 4.69. The molecule has 0 saturated heterocycles. The van der Waals surface area contributed by atoms with Crippen LogP contribution in [0, 0.1) is 20.8 Å². The van der Waals surface area contributed by atoms with Gasteiger partial charge in [-0.15, -0.1) is 0 Å². The van der Waals surface area contributed by atoms with Crippen LogP contribution >= 0.6 is 11.6 Å². The Balaban J connectivity index is 2.10. The van der Waals surface area contributed by atoms with Gasteiger partial charge in [0, 0.05) is 11.8 Å². The third-order valence-electron chi connectivity index (χ3n) is 5.01. The minimum Gasteiger partial charge on any atom is -0.496 e. The third-order valence-corrected chi connectivity index (χ3v) is 5.23. The van der Waals surface area contributed by atoms with E-state index in [2.05, 4.69) is 10.1 Å². The molecule has 0 bridgehead atoms. The van der Waals surface area contributed by atoms with Gasteiger partial charge in [-0.1, -0.05) is 16.8 Å². The minimum absolute atomic E-state index is 0.0875. The minimum atomic E-state index is -0.0875. The summed E-state index contributed by atoms with van der Waals surface area (Å²) in [6.45, 7) is 5.84. The molecule has 0 atom stereocenters. The van der Waals surface area contributed by atoms with Crippen molar-refractivity contribution in [2.45, 2.75) is 27.3 Å². The molecular weight excluding hydrogens is 390 g/mol. The summed E-state index contributed by atoms with van der Waals surface area (Å²) in [4.78, 5) is 17.5. The zero-order valence-corrected chi connectivity index (χ0v) is 17.4. The van der Waals surface area contributed by atoms with Crippen LogP contribution in [0.5, 0.6) is 5.75 Å². The molecule has 0 spiro atoms. The highest BCUT2D eigenvalue weighted by molar-refractivity contribution is 6.30. The molecule has 0 aliphatic rings. The van der Waals surface area contributed by atoms with E-state index in [0.29, 0.717) is 28.6 Å². The van der Waals surface area contributed by atoms with Gasteiger partial charge >= 0.3 is 0 Å². The van der Waals surface area contributed by atoms with Gasteiger partial charge in [-0.3, -0.25) is 9.78 Å². The van der Waals surface area contributed by atoms with Crippen molar-refractivity contribution in [3.8, 4) is 16.9 Å². The highest BCUT2D eigenvalue weighted by Gasteiger charge is 2.22. The maximum Gasteiger partial charge on any atom is 0.254 e. The van der Waals surface area contributed by atoms with Gasteiger partial charge in [-0.05, 0) is 56.5 Å². The van der Waals surface area contributed by atoms with Gasteiger partial charge in [-0.2, -0.15) is 0 Å². The largest absolute Gasteiger partial charge is 0.496 e. The van der Waals surface area contributed by atoms with Gasteiger partial charge in [0.1, 0.15) is 11.5 Å². The smallest absolute Gasteiger partial charge is 0.254 e. The molecule has 4 aromatic rings. The van der Waals surface area contributed by atoms with E-state index >= 15 is 0 Å². The topological polar surface area (TPSA) is 70.2 Å². The Kier molecular flexibility index (Phi) is 4.88. The summed E-state index contributed by atoms with van der Waals surface area (Å²) in [5, 5.41) is 5.57. The third kappa shape index (κ3) is 3.29.